The number of aryl methyl sites for hydroxylation is 1. The highest BCUT2D eigenvalue weighted by Gasteiger charge is 2.33. The Labute approximate surface area is 163 Å². The summed E-state index contributed by atoms with van der Waals surface area (Å²) < 4.78 is 39.2. The Morgan fingerprint density at radius 3 is 2.34 bits per heavy atom. The van der Waals surface area contributed by atoms with Crippen molar-refractivity contribution in [3.05, 3.63) is 70.9 Å². The van der Waals surface area contributed by atoms with Crippen LogP contribution in [0.4, 0.5) is 13.2 Å². The standard InChI is InChI=1S/C20H16F3N3O3/c1-11-6-8-12(9-7-11)17-25-15(16(27)19(29)26-17)18(28)24-10-13-4-2-3-5-14(13)20(21,22)23/h2-9,27H,10H2,1H3,(H,24,28)(H,25,26,29). The fourth-order valence-electron chi connectivity index (χ4n) is 2.64. The van der Waals surface area contributed by atoms with E-state index in [1.807, 2.05) is 6.92 Å². The summed E-state index contributed by atoms with van der Waals surface area (Å²) in [7, 11) is 0. The average Bonchev–Trinajstić information content (AvgIpc) is 2.68. The molecule has 150 valence electrons. The first-order chi connectivity index (χ1) is 13.7. The summed E-state index contributed by atoms with van der Waals surface area (Å²) in [5.41, 5.74) is -0.113. The first-order valence-corrected chi connectivity index (χ1v) is 8.47. The van der Waals surface area contributed by atoms with Crippen molar-refractivity contribution >= 4 is 5.91 Å². The van der Waals surface area contributed by atoms with Gasteiger partial charge in [-0.05, 0) is 18.6 Å². The van der Waals surface area contributed by atoms with Crippen LogP contribution >= 0.6 is 0 Å². The van der Waals surface area contributed by atoms with Gasteiger partial charge in [0.15, 0.2) is 11.5 Å². The zero-order valence-corrected chi connectivity index (χ0v) is 15.2. The topological polar surface area (TPSA) is 95.3 Å². The smallest absolute Gasteiger partial charge is 0.416 e. The van der Waals surface area contributed by atoms with Gasteiger partial charge in [-0.15, -0.1) is 0 Å². The molecule has 3 N–H and O–H groups in total. The van der Waals surface area contributed by atoms with E-state index in [0.717, 1.165) is 11.6 Å². The van der Waals surface area contributed by atoms with E-state index in [0.29, 0.717) is 5.56 Å². The molecular weight excluding hydrogens is 387 g/mol. The van der Waals surface area contributed by atoms with Crippen molar-refractivity contribution in [2.75, 3.05) is 0 Å². The molecule has 0 fully saturated rings. The van der Waals surface area contributed by atoms with E-state index in [1.165, 1.54) is 18.2 Å². The lowest BCUT2D eigenvalue weighted by Gasteiger charge is -2.13. The molecule has 3 aromatic rings. The molecule has 0 radical (unpaired) electrons. The van der Waals surface area contributed by atoms with Gasteiger partial charge in [-0.3, -0.25) is 4.79 Å². The highest BCUT2D eigenvalue weighted by atomic mass is 19.4. The lowest BCUT2D eigenvalue weighted by molar-refractivity contribution is -0.138. The number of hydrogen-bond donors (Lipinski definition) is 3. The molecule has 0 bridgehead atoms. The number of hydrogen-bond acceptors (Lipinski definition) is 5. The number of halogens is 3. The van der Waals surface area contributed by atoms with Crippen LogP contribution in [0, 0.1) is 6.92 Å². The van der Waals surface area contributed by atoms with Crippen LogP contribution in [-0.4, -0.2) is 26.1 Å². The summed E-state index contributed by atoms with van der Waals surface area (Å²) in [4.78, 5) is 20.1. The van der Waals surface area contributed by atoms with Crippen molar-refractivity contribution in [1.29, 1.82) is 0 Å². The third kappa shape index (κ3) is 4.45. The number of carbonyl (C=O) groups excluding carboxylic acids is 1. The molecule has 0 saturated carbocycles. The number of amides is 1. The Kier molecular flexibility index (Phi) is 5.40. The predicted octanol–water partition coefficient (Wildman–Crippen LogP) is 3.81. The van der Waals surface area contributed by atoms with Crippen LogP contribution in [0.5, 0.6) is 11.6 Å². The third-order valence-corrected chi connectivity index (χ3v) is 4.15. The Hall–Kier alpha value is -3.62. The second kappa shape index (κ2) is 7.78. The van der Waals surface area contributed by atoms with E-state index in [-0.39, 0.29) is 11.4 Å². The largest absolute Gasteiger partial charge is 0.501 e. The number of aromatic nitrogens is 2. The highest BCUT2D eigenvalue weighted by Crippen LogP contribution is 2.32. The summed E-state index contributed by atoms with van der Waals surface area (Å²) in [6.45, 7) is 1.43. The molecule has 29 heavy (non-hydrogen) atoms. The summed E-state index contributed by atoms with van der Waals surface area (Å²) in [5, 5.41) is 22.1. The van der Waals surface area contributed by atoms with Crippen LogP contribution in [0.25, 0.3) is 11.4 Å². The molecule has 2 aromatic carbocycles. The van der Waals surface area contributed by atoms with Gasteiger partial charge < -0.3 is 15.5 Å². The number of nitrogens with zero attached hydrogens (tertiary/aromatic N) is 2. The maximum atomic E-state index is 13.1. The normalized spacial score (nSPS) is 11.3. The van der Waals surface area contributed by atoms with E-state index in [1.54, 1.807) is 24.3 Å². The maximum absolute atomic E-state index is 13.1. The van der Waals surface area contributed by atoms with Crippen LogP contribution < -0.4 is 5.32 Å². The van der Waals surface area contributed by atoms with Gasteiger partial charge in [-0.1, -0.05) is 48.0 Å². The molecule has 0 aliphatic carbocycles. The molecule has 1 aromatic heterocycles. The fraction of sp³-hybridized carbons (Fsp3) is 0.150. The number of aromatic hydroxyl groups is 2. The summed E-state index contributed by atoms with van der Waals surface area (Å²) in [5.74, 6) is -2.63. The van der Waals surface area contributed by atoms with Crippen molar-refractivity contribution in [2.24, 2.45) is 0 Å². The Balaban J connectivity index is 1.87. The molecule has 0 unspecified atom stereocenters. The van der Waals surface area contributed by atoms with E-state index < -0.39 is 41.5 Å². The van der Waals surface area contributed by atoms with Gasteiger partial charge in [0.1, 0.15) is 0 Å². The van der Waals surface area contributed by atoms with Crippen molar-refractivity contribution in [1.82, 2.24) is 15.3 Å². The van der Waals surface area contributed by atoms with Gasteiger partial charge >= 0.3 is 6.18 Å². The number of carbonyl (C=O) groups is 1. The summed E-state index contributed by atoms with van der Waals surface area (Å²) in [6.07, 6.45) is -4.57. The average molecular weight is 403 g/mol. The van der Waals surface area contributed by atoms with Crippen LogP contribution in [-0.2, 0) is 12.7 Å². The molecule has 3 rings (SSSR count). The molecule has 6 nitrogen and oxygen atoms in total. The quantitative estimate of drug-likeness (QED) is 0.616. The number of nitrogens with one attached hydrogen (secondary N) is 1. The first kappa shape index (κ1) is 20.1. The zero-order valence-electron chi connectivity index (χ0n) is 15.2. The minimum Gasteiger partial charge on any atom is -0.501 e. The van der Waals surface area contributed by atoms with Crippen molar-refractivity contribution in [3.8, 4) is 23.0 Å². The minimum absolute atomic E-state index is 0.0128. The lowest BCUT2D eigenvalue weighted by Crippen LogP contribution is -2.25. The first-order valence-electron chi connectivity index (χ1n) is 8.47. The monoisotopic (exact) mass is 403 g/mol. The van der Waals surface area contributed by atoms with Gasteiger partial charge in [-0.2, -0.15) is 18.2 Å². The summed E-state index contributed by atoms with van der Waals surface area (Å²) >= 11 is 0. The van der Waals surface area contributed by atoms with Gasteiger partial charge in [-0.25, -0.2) is 4.98 Å². The van der Waals surface area contributed by atoms with Crippen molar-refractivity contribution < 1.29 is 28.2 Å². The Morgan fingerprint density at radius 2 is 1.69 bits per heavy atom. The molecule has 1 heterocycles. The van der Waals surface area contributed by atoms with Gasteiger partial charge in [0.25, 0.3) is 11.8 Å². The molecule has 0 aliphatic heterocycles. The van der Waals surface area contributed by atoms with E-state index in [9.17, 15) is 28.2 Å². The Bertz CT molecular complexity index is 1050. The van der Waals surface area contributed by atoms with Gasteiger partial charge in [0.05, 0.1) is 5.56 Å². The zero-order chi connectivity index (χ0) is 21.2. The van der Waals surface area contributed by atoms with Gasteiger partial charge in [0.2, 0.25) is 5.75 Å². The van der Waals surface area contributed by atoms with Crippen LogP contribution in [0.15, 0.2) is 48.5 Å². The maximum Gasteiger partial charge on any atom is 0.416 e. The van der Waals surface area contributed by atoms with Crippen molar-refractivity contribution in [2.45, 2.75) is 19.6 Å². The van der Waals surface area contributed by atoms with Crippen molar-refractivity contribution in [3.63, 3.8) is 0 Å². The fourth-order valence-corrected chi connectivity index (χ4v) is 2.64. The number of rotatable bonds is 4. The molecule has 9 heteroatoms. The lowest BCUT2D eigenvalue weighted by atomic mass is 10.1. The van der Waals surface area contributed by atoms with Crippen LogP contribution in [0.1, 0.15) is 27.2 Å². The van der Waals surface area contributed by atoms with Gasteiger partial charge in [0, 0.05) is 12.1 Å². The summed E-state index contributed by atoms with van der Waals surface area (Å²) in [6, 6.07) is 11.7. The second-order valence-corrected chi connectivity index (χ2v) is 6.27. The molecular formula is C20H16F3N3O3. The molecule has 0 saturated heterocycles. The molecule has 1 amide bonds. The molecule has 0 atom stereocenters. The SMILES string of the molecule is Cc1ccc(-c2nc(O)c(O)c(C(=O)NCc3ccccc3C(F)(F)F)n2)cc1. The van der Waals surface area contributed by atoms with Crippen LogP contribution in [0.2, 0.25) is 0 Å². The van der Waals surface area contributed by atoms with E-state index >= 15 is 0 Å². The number of benzene rings is 2. The third-order valence-electron chi connectivity index (χ3n) is 4.15. The Morgan fingerprint density at radius 1 is 1.03 bits per heavy atom. The molecule has 0 spiro atoms. The van der Waals surface area contributed by atoms with E-state index in [4.69, 9.17) is 0 Å². The predicted molar refractivity (Wildman–Crippen MR) is 98.1 cm³/mol. The van der Waals surface area contributed by atoms with Crippen LogP contribution in [0.3, 0.4) is 0 Å². The van der Waals surface area contributed by atoms with E-state index in [2.05, 4.69) is 15.3 Å². The molecule has 0 aliphatic rings. The minimum atomic E-state index is -4.57. The highest BCUT2D eigenvalue weighted by molar-refractivity contribution is 5.95. The second-order valence-electron chi connectivity index (χ2n) is 6.27. The number of alkyl halides is 3.